The first-order valence-electron chi connectivity index (χ1n) is 2.56. The van der Waals surface area contributed by atoms with Gasteiger partial charge in [-0.1, -0.05) is 11.6 Å². The first kappa shape index (κ1) is 10.5. The van der Waals surface area contributed by atoms with E-state index in [0.29, 0.717) is 0 Å². The number of hydrogen-bond donors (Lipinski definition) is 1. The van der Waals surface area contributed by atoms with Crippen molar-refractivity contribution in [2.24, 2.45) is 5.90 Å². The normalized spacial score (nSPS) is 8.64. The Morgan fingerprint density at radius 3 is 2.55 bits per heavy atom. The lowest BCUT2D eigenvalue weighted by molar-refractivity contribution is 0.332. The van der Waals surface area contributed by atoms with E-state index in [0.717, 1.165) is 6.07 Å². The van der Waals surface area contributed by atoms with E-state index in [4.69, 9.17) is 17.5 Å². The average molecular weight is 198 g/mol. The Labute approximate surface area is 74.5 Å². The molecule has 2 nitrogen and oxygen atoms in total. The van der Waals surface area contributed by atoms with Gasteiger partial charge in [0.15, 0.2) is 0 Å². The lowest BCUT2D eigenvalue weighted by Crippen LogP contribution is -2.01. The van der Waals surface area contributed by atoms with Crippen molar-refractivity contribution in [1.29, 1.82) is 0 Å². The summed E-state index contributed by atoms with van der Waals surface area (Å²) in [6.45, 7) is 0. The van der Waals surface area contributed by atoms with E-state index < -0.39 is 5.82 Å². The molecule has 11 heavy (non-hydrogen) atoms. The highest BCUT2D eigenvalue weighted by Crippen LogP contribution is 2.19. The van der Waals surface area contributed by atoms with Crippen LogP contribution >= 0.6 is 24.0 Å². The Hall–Kier alpha value is -0.510. The molecule has 1 aromatic carbocycles. The largest absolute Gasteiger partial charge is 0.411 e. The summed E-state index contributed by atoms with van der Waals surface area (Å²) >= 11 is 5.37. The maximum atomic E-state index is 12.5. The Morgan fingerprint density at radius 1 is 1.45 bits per heavy atom. The molecule has 1 rings (SSSR count). The molecule has 0 spiro atoms. The van der Waals surface area contributed by atoms with Gasteiger partial charge in [-0.15, -0.1) is 12.4 Å². The Kier molecular flexibility index (Phi) is 4.18. The summed E-state index contributed by atoms with van der Waals surface area (Å²) < 4.78 is 12.5. The zero-order valence-electron chi connectivity index (χ0n) is 5.38. The summed E-state index contributed by atoms with van der Waals surface area (Å²) in [6.07, 6.45) is 0. The molecule has 0 aromatic heterocycles. The second-order valence-corrected chi connectivity index (χ2v) is 2.10. The van der Waals surface area contributed by atoms with Crippen LogP contribution in [0.3, 0.4) is 0 Å². The van der Waals surface area contributed by atoms with E-state index >= 15 is 0 Å². The second kappa shape index (κ2) is 4.38. The average Bonchev–Trinajstić information content (AvgIpc) is 1.95. The van der Waals surface area contributed by atoms with Gasteiger partial charge >= 0.3 is 0 Å². The first-order valence-corrected chi connectivity index (χ1v) is 2.93. The lowest BCUT2D eigenvalue weighted by atomic mass is 10.3. The zero-order chi connectivity index (χ0) is 7.56. The fraction of sp³-hybridized carbons (Fsp3) is 0. The monoisotopic (exact) mass is 197 g/mol. The second-order valence-electron chi connectivity index (χ2n) is 1.69. The summed E-state index contributed by atoms with van der Waals surface area (Å²) in [7, 11) is 0. The molecule has 0 bridgehead atoms. The van der Waals surface area contributed by atoms with Crippen molar-refractivity contribution in [2.45, 2.75) is 0 Å². The molecule has 0 aliphatic carbocycles. The van der Waals surface area contributed by atoms with Crippen LogP contribution < -0.4 is 10.7 Å². The van der Waals surface area contributed by atoms with Crippen LogP contribution in [0.25, 0.3) is 0 Å². The highest BCUT2D eigenvalue weighted by molar-refractivity contribution is 6.30. The van der Waals surface area contributed by atoms with E-state index in [2.05, 4.69) is 4.84 Å². The maximum absolute atomic E-state index is 12.5. The topological polar surface area (TPSA) is 35.2 Å². The predicted octanol–water partition coefficient (Wildman–Crippen LogP) is 2.15. The molecule has 2 N–H and O–H groups in total. The molecule has 0 radical (unpaired) electrons. The summed E-state index contributed by atoms with van der Waals surface area (Å²) in [5.41, 5.74) is 0. The Bertz CT molecular complexity index is 244. The van der Waals surface area contributed by atoms with Gasteiger partial charge in [-0.05, 0) is 12.1 Å². The van der Waals surface area contributed by atoms with E-state index in [1.165, 1.54) is 12.1 Å². The van der Waals surface area contributed by atoms with Gasteiger partial charge in [0.1, 0.15) is 11.6 Å². The molecule has 0 amide bonds. The molecule has 0 unspecified atom stereocenters. The quantitative estimate of drug-likeness (QED) is 0.701. The molecule has 0 aliphatic rings. The fourth-order valence-corrected chi connectivity index (χ4v) is 0.668. The highest BCUT2D eigenvalue weighted by atomic mass is 35.5. The number of hydrogen-bond acceptors (Lipinski definition) is 2. The van der Waals surface area contributed by atoms with Gasteiger partial charge in [-0.3, -0.25) is 0 Å². The number of halogens is 3. The third kappa shape index (κ3) is 2.54. The molecule has 1 aromatic rings. The van der Waals surface area contributed by atoms with E-state index in [9.17, 15) is 4.39 Å². The molecular formula is C6H6Cl2FNO. The van der Waals surface area contributed by atoms with Gasteiger partial charge in [0, 0.05) is 6.07 Å². The van der Waals surface area contributed by atoms with Crippen molar-refractivity contribution in [3.05, 3.63) is 29.0 Å². The van der Waals surface area contributed by atoms with Gasteiger partial charge in [0.25, 0.3) is 0 Å². The number of benzene rings is 1. The van der Waals surface area contributed by atoms with E-state index in [-0.39, 0.29) is 23.2 Å². The summed E-state index contributed by atoms with van der Waals surface area (Å²) in [5.74, 6) is 4.47. The molecule has 0 heterocycles. The van der Waals surface area contributed by atoms with Crippen molar-refractivity contribution in [2.75, 3.05) is 0 Å². The van der Waals surface area contributed by atoms with Gasteiger partial charge in [-0.25, -0.2) is 4.39 Å². The smallest absolute Gasteiger partial charge is 0.149 e. The van der Waals surface area contributed by atoms with Crippen LogP contribution in [-0.2, 0) is 0 Å². The SMILES string of the molecule is Cl.NOc1ccc(Cl)c(F)c1. The summed E-state index contributed by atoms with van der Waals surface area (Å²) in [5, 5.41) is 0.0563. The van der Waals surface area contributed by atoms with Crippen LogP contribution in [0.4, 0.5) is 4.39 Å². The van der Waals surface area contributed by atoms with Crippen molar-refractivity contribution >= 4 is 24.0 Å². The molecule has 0 fully saturated rings. The fourth-order valence-electron chi connectivity index (χ4n) is 0.550. The molecule has 0 saturated carbocycles. The Morgan fingerprint density at radius 2 is 2.09 bits per heavy atom. The highest BCUT2D eigenvalue weighted by Gasteiger charge is 1.99. The van der Waals surface area contributed by atoms with Crippen molar-refractivity contribution in [3.8, 4) is 5.75 Å². The third-order valence-electron chi connectivity index (χ3n) is 1.03. The standard InChI is InChI=1S/C6H5ClFNO.ClH/c7-5-2-1-4(10-9)3-6(5)8;/h1-3H,9H2;1H. The van der Waals surface area contributed by atoms with Crippen LogP contribution in [0.15, 0.2) is 18.2 Å². The molecule has 0 saturated heterocycles. The molecular weight excluding hydrogens is 192 g/mol. The summed E-state index contributed by atoms with van der Waals surface area (Å²) in [6, 6.07) is 3.97. The maximum Gasteiger partial charge on any atom is 0.149 e. The van der Waals surface area contributed by atoms with Crippen molar-refractivity contribution in [3.63, 3.8) is 0 Å². The zero-order valence-corrected chi connectivity index (χ0v) is 6.95. The Balaban J connectivity index is 0.000001000. The van der Waals surface area contributed by atoms with E-state index in [1.807, 2.05) is 0 Å². The van der Waals surface area contributed by atoms with Crippen LogP contribution in [0, 0.1) is 5.82 Å². The van der Waals surface area contributed by atoms with Crippen molar-refractivity contribution in [1.82, 2.24) is 0 Å². The van der Waals surface area contributed by atoms with Gasteiger partial charge < -0.3 is 4.84 Å². The minimum absolute atomic E-state index is 0. The third-order valence-corrected chi connectivity index (χ3v) is 1.33. The van der Waals surface area contributed by atoms with Gasteiger partial charge in [0.2, 0.25) is 0 Å². The van der Waals surface area contributed by atoms with Gasteiger partial charge in [0.05, 0.1) is 5.02 Å². The molecule has 0 atom stereocenters. The minimum Gasteiger partial charge on any atom is -0.411 e. The van der Waals surface area contributed by atoms with E-state index in [1.54, 1.807) is 0 Å². The lowest BCUT2D eigenvalue weighted by Gasteiger charge is -1.97. The molecule has 5 heteroatoms. The molecule has 0 aliphatic heterocycles. The van der Waals surface area contributed by atoms with Crippen LogP contribution in [0.2, 0.25) is 5.02 Å². The minimum atomic E-state index is -0.537. The molecule has 62 valence electrons. The summed E-state index contributed by atoms with van der Waals surface area (Å²) in [4.78, 5) is 4.25. The number of rotatable bonds is 1. The van der Waals surface area contributed by atoms with Crippen LogP contribution in [-0.4, -0.2) is 0 Å². The first-order chi connectivity index (χ1) is 4.74. The number of nitrogens with two attached hydrogens (primary N) is 1. The predicted molar refractivity (Wildman–Crippen MR) is 43.5 cm³/mol. The van der Waals surface area contributed by atoms with Crippen molar-refractivity contribution < 1.29 is 9.23 Å². The van der Waals surface area contributed by atoms with Gasteiger partial charge in [-0.2, -0.15) is 5.90 Å². The van der Waals surface area contributed by atoms with Crippen LogP contribution in [0.5, 0.6) is 5.75 Å². The van der Waals surface area contributed by atoms with Crippen LogP contribution in [0.1, 0.15) is 0 Å².